The fraction of sp³-hybridized carbons (Fsp3) is 0.105. The summed E-state index contributed by atoms with van der Waals surface area (Å²) in [5.74, 6) is -0.897. The molecule has 146 valence electrons. The molecule has 28 heavy (non-hydrogen) atoms. The minimum Gasteiger partial charge on any atom is -0.465 e. The van der Waals surface area contributed by atoms with Gasteiger partial charge < -0.3 is 10.1 Å². The molecule has 9 heteroatoms. The van der Waals surface area contributed by atoms with Crippen molar-refractivity contribution in [1.29, 1.82) is 0 Å². The number of sulfone groups is 1. The van der Waals surface area contributed by atoms with Gasteiger partial charge in [-0.3, -0.25) is 0 Å². The van der Waals surface area contributed by atoms with Gasteiger partial charge in [-0.25, -0.2) is 23.4 Å². The molecule has 0 aliphatic heterocycles. The molecule has 8 nitrogen and oxygen atoms in total. The number of carbonyl (C=O) groups excluding carboxylic acids is 2. The van der Waals surface area contributed by atoms with E-state index in [9.17, 15) is 18.0 Å². The van der Waals surface area contributed by atoms with Crippen molar-refractivity contribution >= 4 is 33.2 Å². The summed E-state index contributed by atoms with van der Waals surface area (Å²) in [7, 11) is -2.80. The molecule has 2 N–H and O–H groups in total. The number of benzene rings is 2. The van der Waals surface area contributed by atoms with Crippen LogP contribution in [-0.4, -0.2) is 33.2 Å². The zero-order valence-electron chi connectivity index (χ0n) is 15.2. The Kier molecular flexibility index (Phi) is 7.05. The molecule has 0 bridgehead atoms. The summed E-state index contributed by atoms with van der Waals surface area (Å²) in [6.45, 7) is 1.38. The predicted molar refractivity (Wildman–Crippen MR) is 105 cm³/mol. The van der Waals surface area contributed by atoms with E-state index in [1.54, 1.807) is 48.5 Å². The third-order valence-corrected chi connectivity index (χ3v) is 4.97. The molecule has 2 aromatic rings. The lowest BCUT2D eigenvalue weighted by Crippen LogP contribution is -2.26. The number of hydrazone groups is 1. The number of urea groups is 1. The average Bonchev–Trinajstić information content (AvgIpc) is 2.71. The van der Waals surface area contributed by atoms with E-state index >= 15 is 0 Å². The number of ether oxygens (including phenoxy) is 1. The van der Waals surface area contributed by atoms with Gasteiger partial charge in [0, 0.05) is 5.69 Å². The number of hydrogen-bond donors (Lipinski definition) is 2. The summed E-state index contributed by atoms with van der Waals surface area (Å²) in [5, 5.41) is 7.10. The van der Waals surface area contributed by atoms with Crippen LogP contribution in [0.25, 0.3) is 0 Å². The van der Waals surface area contributed by atoms with E-state index in [-0.39, 0.29) is 16.2 Å². The maximum absolute atomic E-state index is 12.5. The lowest BCUT2D eigenvalue weighted by atomic mass is 10.2. The summed E-state index contributed by atoms with van der Waals surface area (Å²) in [4.78, 5) is 23.9. The van der Waals surface area contributed by atoms with Crippen LogP contribution in [-0.2, 0) is 19.4 Å². The SMILES string of the molecule is COC(=O)C(=C\S(=O)(=O)c1ccccc1)/C(C)=N/NC(=O)Nc1ccccc1. The van der Waals surface area contributed by atoms with E-state index in [1.165, 1.54) is 19.1 Å². The molecule has 2 rings (SSSR count). The summed E-state index contributed by atoms with van der Waals surface area (Å²) in [6.07, 6.45) is 0. The first kappa shape index (κ1) is 20.8. The Labute approximate surface area is 162 Å². The number of carbonyl (C=O) groups is 2. The van der Waals surface area contributed by atoms with Gasteiger partial charge in [0.15, 0.2) is 0 Å². The van der Waals surface area contributed by atoms with Gasteiger partial charge >= 0.3 is 12.0 Å². The number of para-hydroxylation sites is 1. The fourth-order valence-electron chi connectivity index (χ4n) is 2.10. The van der Waals surface area contributed by atoms with E-state index < -0.39 is 21.8 Å². The second-order valence-electron chi connectivity index (χ2n) is 5.51. The summed E-state index contributed by atoms with van der Waals surface area (Å²) < 4.78 is 29.7. The molecule has 0 aliphatic carbocycles. The topological polar surface area (TPSA) is 114 Å². The van der Waals surface area contributed by atoms with E-state index in [4.69, 9.17) is 0 Å². The molecule has 2 amide bonds. The third-order valence-electron chi connectivity index (χ3n) is 3.50. The van der Waals surface area contributed by atoms with Gasteiger partial charge in [0.1, 0.15) is 0 Å². The van der Waals surface area contributed by atoms with Gasteiger partial charge in [-0.2, -0.15) is 5.10 Å². The highest BCUT2D eigenvalue weighted by Crippen LogP contribution is 2.15. The molecule has 0 radical (unpaired) electrons. The van der Waals surface area contributed by atoms with Gasteiger partial charge in [-0.15, -0.1) is 0 Å². The van der Waals surface area contributed by atoms with Crippen molar-refractivity contribution in [2.24, 2.45) is 5.10 Å². The van der Waals surface area contributed by atoms with Gasteiger partial charge in [-0.1, -0.05) is 36.4 Å². The van der Waals surface area contributed by atoms with Crippen LogP contribution in [0.2, 0.25) is 0 Å². The molecular formula is C19H19N3O5S. The maximum Gasteiger partial charge on any atom is 0.340 e. The fourth-order valence-corrected chi connectivity index (χ4v) is 3.35. The smallest absolute Gasteiger partial charge is 0.340 e. The molecule has 0 saturated carbocycles. The van der Waals surface area contributed by atoms with Gasteiger partial charge in [0.05, 0.1) is 28.7 Å². The Bertz CT molecular complexity index is 1000. The van der Waals surface area contributed by atoms with Crippen LogP contribution in [0.1, 0.15) is 6.92 Å². The Balaban J connectivity index is 2.23. The second-order valence-corrected chi connectivity index (χ2v) is 7.31. The van der Waals surface area contributed by atoms with Crippen LogP contribution < -0.4 is 10.7 Å². The molecule has 0 atom stereocenters. The van der Waals surface area contributed by atoms with Crippen molar-refractivity contribution in [2.45, 2.75) is 11.8 Å². The summed E-state index contributed by atoms with van der Waals surface area (Å²) in [5.41, 5.74) is 2.42. The minimum atomic E-state index is -3.92. The molecule has 0 unspecified atom stereocenters. The van der Waals surface area contributed by atoms with Crippen LogP contribution in [0.3, 0.4) is 0 Å². The molecule has 0 fully saturated rings. The minimum absolute atomic E-state index is 0.0129. The van der Waals surface area contributed by atoms with Crippen molar-refractivity contribution in [3.8, 4) is 0 Å². The highest BCUT2D eigenvalue weighted by atomic mass is 32.2. The molecular weight excluding hydrogens is 382 g/mol. The van der Waals surface area contributed by atoms with Crippen LogP contribution in [0.5, 0.6) is 0 Å². The summed E-state index contributed by atoms with van der Waals surface area (Å²) in [6, 6.07) is 15.6. The lowest BCUT2D eigenvalue weighted by Gasteiger charge is -2.08. The van der Waals surface area contributed by atoms with Gasteiger partial charge in [0.25, 0.3) is 0 Å². The Morgan fingerprint density at radius 3 is 2.14 bits per heavy atom. The number of hydrogen-bond acceptors (Lipinski definition) is 6. The van der Waals surface area contributed by atoms with Crippen LogP contribution in [0.15, 0.2) is 81.6 Å². The number of anilines is 1. The number of nitrogens with one attached hydrogen (secondary N) is 2. The largest absolute Gasteiger partial charge is 0.465 e. The van der Waals surface area contributed by atoms with Crippen molar-refractivity contribution < 1.29 is 22.7 Å². The quantitative estimate of drug-likeness (QED) is 0.334. The van der Waals surface area contributed by atoms with Crippen LogP contribution >= 0.6 is 0 Å². The molecule has 0 aliphatic rings. The first-order valence-electron chi connectivity index (χ1n) is 8.10. The number of nitrogens with zero attached hydrogens (tertiary/aromatic N) is 1. The zero-order valence-corrected chi connectivity index (χ0v) is 16.1. The maximum atomic E-state index is 12.5. The Morgan fingerprint density at radius 1 is 1.00 bits per heavy atom. The van der Waals surface area contributed by atoms with Crippen LogP contribution in [0.4, 0.5) is 10.5 Å². The number of amides is 2. The zero-order chi connectivity index (χ0) is 20.6. The highest BCUT2D eigenvalue weighted by molar-refractivity contribution is 7.94. The molecule has 0 aromatic heterocycles. The van der Waals surface area contributed by atoms with E-state index in [0.29, 0.717) is 5.69 Å². The van der Waals surface area contributed by atoms with Gasteiger partial charge in [0.2, 0.25) is 9.84 Å². The predicted octanol–water partition coefficient (Wildman–Crippen LogP) is 2.71. The monoisotopic (exact) mass is 401 g/mol. The van der Waals surface area contributed by atoms with Crippen molar-refractivity contribution in [1.82, 2.24) is 5.43 Å². The second kappa shape index (κ2) is 9.47. The van der Waals surface area contributed by atoms with E-state index in [1.807, 2.05) is 0 Å². The average molecular weight is 401 g/mol. The first-order valence-corrected chi connectivity index (χ1v) is 9.65. The van der Waals surface area contributed by atoms with Crippen molar-refractivity contribution in [3.63, 3.8) is 0 Å². The summed E-state index contributed by atoms with van der Waals surface area (Å²) >= 11 is 0. The van der Waals surface area contributed by atoms with E-state index in [2.05, 4.69) is 20.6 Å². The lowest BCUT2D eigenvalue weighted by molar-refractivity contribution is -0.135. The highest BCUT2D eigenvalue weighted by Gasteiger charge is 2.20. The Hall–Kier alpha value is -3.46. The first-order chi connectivity index (χ1) is 13.3. The number of esters is 1. The number of rotatable bonds is 6. The van der Waals surface area contributed by atoms with E-state index in [0.717, 1.165) is 12.5 Å². The Morgan fingerprint density at radius 2 is 1.57 bits per heavy atom. The molecule has 0 spiro atoms. The van der Waals surface area contributed by atoms with Gasteiger partial charge in [-0.05, 0) is 31.2 Å². The molecule has 2 aromatic carbocycles. The van der Waals surface area contributed by atoms with Crippen molar-refractivity contribution in [2.75, 3.05) is 12.4 Å². The third kappa shape index (κ3) is 5.78. The standard InChI is InChI=1S/C19H19N3O5S/c1-14(21-22-19(24)20-15-9-5-3-6-10-15)17(18(23)27-2)13-28(25,26)16-11-7-4-8-12-16/h3-13H,1-2H3,(H2,20,22,24)/b17-13-,21-14+. The molecule has 0 heterocycles. The normalized spacial score (nSPS) is 12.2. The number of methoxy groups -OCH3 is 1. The van der Waals surface area contributed by atoms with Crippen molar-refractivity contribution in [3.05, 3.63) is 71.6 Å². The van der Waals surface area contributed by atoms with Crippen LogP contribution in [0, 0.1) is 0 Å². The molecule has 0 saturated heterocycles.